The molecular weight excluding hydrogens is 270 g/mol. The van der Waals surface area contributed by atoms with Crippen LogP contribution in [0.25, 0.3) is 0 Å². The third kappa shape index (κ3) is 3.91. The van der Waals surface area contributed by atoms with Crippen molar-refractivity contribution in [2.24, 2.45) is 0 Å². The molecule has 0 aliphatic rings. The molecule has 2 N–H and O–H groups in total. The second kappa shape index (κ2) is 6.67. The van der Waals surface area contributed by atoms with Crippen LogP contribution in [0.1, 0.15) is 23.1 Å². The van der Waals surface area contributed by atoms with Crippen LogP contribution in [-0.2, 0) is 6.42 Å². The lowest BCUT2D eigenvalue weighted by Gasteiger charge is -2.12. The fourth-order valence-corrected chi connectivity index (χ4v) is 2.65. The molecule has 2 aromatic carbocycles. The summed E-state index contributed by atoms with van der Waals surface area (Å²) in [6.07, 6.45) is 1.93. The second-order valence-corrected chi connectivity index (χ2v) is 5.50. The Balaban J connectivity index is 1.88. The van der Waals surface area contributed by atoms with Gasteiger partial charge in [-0.1, -0.05) is 23.7 Å². The number of hydrogen-bond acceptors (Lipinski definition) is 2. The van der Waals surface area contributed by atoms with E-state index in [0.29, 0.717) is 6.61 Å². The van der Waals surface area contributed by atoms with Crippen molar-refractivity contribution in [3.63, 3.8) is 0 Å². The molecule has 106 valence electrons. The summed E-state index contributed by atoms with van der Waals surface area (Å²) in [5.74, 6) is 0.946. The topological polar surface area (TPSA) is 35.2 Å². The van der Waals surface area contributed by atoms with Crippen LogP contribution in [0.4, 0.5) is 5.69 Å². The lowest BCUT2D eigenvalue weighted by Crippen LogP contribution is -2.02. The molecule has 3 heteroatoms. The summed E-state index contributed by atoms with van der Waals surface area (Å²) in [5.41, 5.74) is 9.99. The molecule has 0 heterocycles. The highest BCUT2D eigenvalue weighted by atomic mass is 35.5. The van der Waals surface area contributed by atoms with Gasteiger partial charge in [-0.3, -0.25) is 0 Å². The highest BCUT2D eigenvalue weighted by Crippen LogP contribution is 2.27. The number of benzene rings is 2. The average molecular weight is 290 g/mol. The minimum atomic E-state index is 0.693. The molecule has 0 atom stereocenters. The Morgan fingerprint density at radius 3 is 2.45 bits per heavy atom. The molecule has 2 aromatic rings. The van der Waals surface area contributed by atoms with E-state index < -0.39 is 0 Å². The van der Waals surface area contributed by atoms with Gasteiger partial charge >= 0.3 is 0 Å². The Labute approximate surface area is 125 Å². The predicted octanol–water partition coefficient (Wildman–Crippen LogP) is 4.55. The molecule has 0 saturated heterocycles. The molecule has 0 radical (unpaired) electrons. The molecule has 0 unspecified atom stereocenters. The van der Waals surface area contributed by atoms with Crippen molar-refractivity contribution in [2.45, 2.75) is 26.7 Å². The molecule has 0 fully saturated rings. The fourth-order valence-electron chi connectivity index (χ4n) is 2.32. The van der Waals surface area contributed by atoms with Crippen LogP contribution in [0, 0.1) is 13.8 Å². The molecule has 2 rings (SSSR count). The van der Waals surface area contributed by atoms with E-state index in [1.807, 2.05) is 44.2 Å². The molecular formula is C17H20ClNO. The zero-order valence-corrected chi connectivity index (χ0v) is 12.7. The van der Waals surface area contributed by atoms with Crippen LogP contribution in [-0.4, -0.2) is 6.61 Å². The Morgan fingerprint density at radius 1 is 1.10 bits per heavy atom. The molecule has 0 bridgehead atoms. The Morgan fingerprint density at radius 2 is 1.80 bits per heavy atom. The Bertz CT molecular complexity index is 572. The minimum Gasteiger partial charge on any atom is -0.493 e. The maximum Gasteiger partial charge on any atom is 0.125 e. The normalized spacial score (nSPS) is 10.6. The summed E-state index contributed by atoms with van der Waals surface area (Å²) in [7, 11) is 0. The van der Waals surface area contributed by atoms with Gasteiger partial charge < -0.3 is 10.5 Å². The number of rotatable bonds is 5. The summed E-state index contributed by atoms with van der Waals surface area (Å²) >= 11 is 6.01. The van der Waals surface area contributed by atoms with Gasteiger partial charge in [0.25, 0.3) is 0 Å². The van der Waals surface area contributed by atoms with Crippen molar-refractivity contribution in [1.82, 2.24) is 0 Å². The van der Waals surface area contributed by atoms with Gasteiger partial charge in [0, 0.05) is 10.7 Å². The van der Waals surface area contributed by atoms with Gasteiger partial charge in [0.2, 0.25) is 0 Å². The Hall–Kier alpha value is -1.67. The van der Waals surface area contributed by atoms with Crippen molar-refractivity contribution in [2.75, 3.05) is 12.3 Å². The monoisotopic (exact) mass is 289 g/mol. The summed E-state index contributed by atoms with van der Waals surface area (Å²) in [6.45, 7) is 4.73. The highest BCUT2D eigenvalue weighted by Gasteiger charge is 2.05. The van der Waals surface area contributed by atoms with Gasteiger partial charge in [-0.05, 0) is 67.6 Å². The van der Waals surface area contributed by atoms with E-state index in [0.717, 1.165) is 40.4 Å². The quantitative estimate of drug-likeness (QED) is 0.647. The minimum absolute atomic E-state index is 0.693. The van der Waals surface area contributed by atoms with E-state index >= 15 is 0 Å². The van der Waals surface area contributed by atoms with Crippen LogP contribution < -0.4 is 10.5 Å². The van der Waals surface area contributed by atoms with E-state index in [1.54, 1.807) is 0 Å². The summed E-state index contributed by atoms with van der Waals surface area (Å²) in [4.78, 5) is 0. The van der Waals surface area contributed by atoms with Crippen LogP contribution >= 0.6 is 11.6 Å². The lowest BCUT2D eigenvalue weighted by atomic mass is 10.1. The van der Waals surface area contributed by atoms with Crippen LogP contribution in [0.5, 0.6) is 5.75 Å². The average Bonchev–Trinajstić information content (AvgIpc) is 2.36. The van der Waals surface area contributed by atoms with E-state index in [4.69, 9.17) is 22.1 Å². The zero-order chi connectivity index (χ0) is 14.5. The predicted molar refractivity (Wildman–Crippen MR) is 85.6 cm³/mol. The third-order valence-corrected chi connectivity index (χ3v) is 3.45. The zero-order valence-electron chi connectivity index (χ0n) is 11.9. The number of nitrogen functional groups attached to an aromatic ring is 1. The largest absolute Gasteiger partial charge is 0.493 e. The number of hydrogen-bond donors (Lipinski definition) is 1. The van der Waals surface area contributed by atoms with E-state index in [2.05, 4.69) is 6.07 Å². The van der Waals surface area contributed by atoms with Crippen LogP contribution in [0.2, 0.25) is 5.02 Å². The first-order valence-corrected chi connectivity index (χ1v) is 7.18. The van der Waals surface area contributed by atoms with E-state index in [-0.39, 0.29) is 0 Å². The number of halogens is 1. The first kappa shape index (κ1) is 14.7. The standard InChI is InChI=1S/C17H20ClNO/c1-12-9-15(18)10-13(2)17(12)20-8-4-6-14-5-3-7-16(19)11-14/h3,5,7,9-11H,4,6,8,19H2,1-2H3. The van der Waals surface area contributed by atoms with Crippen molar-refractivity contribution in [3.05, 3.63) is 58.1 Å². The van der Waals surface area contributed by atoms with E-state index in [9.17, 15) is 0 Å². The molecule has 0 aliphatic heterocycles. The van der Waals surface area contributed by atoms with Gasteiger partial charge in [-0.25, -0.2) is 0 Å². The maximum absolute atomic E-state index is 6.01. The maximum atomic E-state index is 6.01. The first-order valence-electron chi connectivity index (χ1n) is 6.80. The van der Waals surface area contributed by atoms with Crippen molar-refractivity contribution >= 4 is 17.3 Å². The van der Waals surface area contributed by atoms with Crippen molar-refractivity contribution in [1.29, 1.82) is 0 Å². The van der Waals surface area contributed by atoms with Crippen molar-refractivity contribution < 1.29 is 4.74 Å². The second-order valence-electron chi connectivity index (χ2n) is 5.07. The van der Waals surface area contributed by atoms with Gasteiger partial charge in [-0.2, -0.15) is 0 Å². The summed E-state index contributed by atoms with van der Waals surface area (Å²) in [5, 5.41) is 0.757. The molecule has 2 nitrogen and oxygen atoms in total. The first-order chi connectivity index (χ1) is 9.56. The molecule has 0 aromatic heterocycles. The molecule has 0 aliphatic carbocycles. The third-order valence-electron chi connectivity index (χ3n) is 3.23. The smallest absolute Gasteiger partial charge is 0.125 e. The highest BCUT2D eigenvalue weighted by molar-refractivity contribution is 6.30. The number of anilines is 1. The van der Waals surface area contributed by atoms with Gasteiger partial charge in [0.1, 0.15) is 5.75 Å². The lowest BCUT2D eigenvalue weighted by molar-refractivity contribution is 0.307. The number of nitrogens with two attached hydrogens (primary N) is 1. The number of ether oxygens (including phenoxy) is 1. The van der Waals surface area contributed by atoms with Crippen LogP contribution in [0.15, 0.2) is 36.4 Å². The van der Waals surface area contributed by atoms with E-state index in [1.165, 1.54) is 5.56 Å². The molecule has 20 heavy (non-hydrogen) atoms. The fraction of sp³-hybridized carbons (Fsp3) is 0.294. The van der Waals surface area contributed by atoms with Gasteiger partial charge in [-0.15, -0.1) is 0 Å². The summed E-state index contributed by atoms with van der Waals surface area (Å²) < 4.78 is 5.88. The molecule has 0 spiro atoms. The van der Waals surface area contributed by atoms with Crippen LogP contribution in [0.3, 0.4) is 0 Å². The van der Waals surface area contributed by atoms with Crippen molar-refractivity contribution in [3.8, 4) is 5.75 Å². The molecule has 0 amide bonds. The Kier molecular flexibility index (Phi) is 4.91. The van der Waals surface area contributed by atoms with Gasteiger partial charge in [0.15, 0.2) is 0 Å². The molecule has 0 saturated carbocycles. The summed E-state index contributed by atoms with van der Waals surface area (Å²) in [6, 6.07) is 11.9. The van der Waals surface area contributed by atoms with Gasteiger partial charge in [0.05, 0.1) is 6.61 Å². The number of aryl methyl sites for hydroxylation is 3. The SMILES string of the molecule is Cc1cc(Cl)cc(C)c1OCCCc1cccc(N)c1.